The summed E-state index contributed by atoms with van der Waals surface area (Å²) in [6, 6.07) is 16.3. The molecule has 0 spiro atoms. The van der Waals surface area contributed by atoms with Gasteiger partial charge < -0.3 is 20.0 Å². The highest BCUT2D eigenvalue weighted by Crippen LogP contribution is 2.20. The van der Waals surface area contributed by atoms with E-state index in [4.69, 9.17) is 11.6 Å². The van der Waals surface area contributed by atoms with Gasteiger partial charge in [-0.25, -0.2) is 4.79 Å². The molecule has 2 aromatic rings. The molecule has 0 aliphatic carbocycles. The van der Waals surface area contributed by atoms with E-state index in [0.29, 0.717) is 19.6 Å². The Morgan fingerprint density at radius 3 is 2.33 bits per heavy atom. The summed E-state index contributed by atoms with van der Waals surface area (Å²) in [5.41, 5.74) is 3.50. The van der Waals surface area contributed by atoms with E-state index in [1.807, 2.05) is 23.1 Å². The lowest BCUT2D eigenvalue weighted by Crippen LogP contribution is -2.51. The molecular weight excluding hydrogens is 360 g/mol. The zero-order valence-corrected chi connectivity index (χ0v) is 16.7. The molecule has 2 amide bonds. The molecular formula is C21H27ClN4O. The second-order valence-corrected chi connectivity index (χ2v) is 7.60. The van der Waals surface area contributed by atoms with E-state index in [2.05, 4.69) is 59.5 Å². The molecule has 1 saturated heterocycles. The number of nitrogens with zero attached hydrogens (tertiary/aromatic N) is 3. The molecule has 0 atom stereocenters. The molecule has 144 valence electrons. The van der Waals surface area contributed by atoms with Crippen molar-refractivity contribution in [2.24, 2.45) is 0 Å². The zero-order valence-electron chi connectivity index (χ0n) is 16.0. The lowest BCUT2D eigenvalue weighted by atomic mass is 10.1. The third kappa shape index (κ3) is 5.62. The van der Waals surface area contributed by atoms with Gasteiger partial charge in [0.15, 0.2) is 0 Å². The first kappa shape index (κ1) is 19.5. The van der Waals surface area contributed by atoms with Gasteiger partial charge in [-0.15, -0.1) is 0 Å². The SMILES string of the molecule is CN(C)Cc1ccc(CNC(=O)N2CCN(c3cccc(Cl)c3)CC2)cc1. The van der Waals surface area contributed by atoms with E-state index in [1.54, 1.807) is 0 Å². The molecule has 1 fully saturated rings. The number of nitrogens with one attached hydrogen (secondary N) is 1. The summed E-state index contributed by atoms with van der Waals surface area (Å²) >= 11 is 6.07. The molecule has 1 aliphatic heterocycles. The second kappa shape index (κ2) is 9.11. The van der Waals surface area contributed by atoms with E-state index < -0.39 is 0 Å². The van der Waals surface area contributed by atoms with Gasteiger partial charge in [0.1, 0.15) is 0 Å². The maximum absolute atomic E-state index is 12.4. The van der Waals surface area contributed by atoms with Gasteiger partial charge in [-0.05, 0) is 43.4 Å². The van der Waals surface area contributed by atoms with Crippen molar-refractivity contribution in [3.63, 3.8) is 0 Å². The Labute approximate surface area is 166 Å². The molecule has 1 heterocycles. The average molecular weight is 387 g/mol. The quantitative estimate of drug-likeness (QED) is 0.855. The highest BCUT2D eigenvalue weighted by Gasteiger charge is 2.21. The molecule has 0 aromatic heterocycles. The monoisotopic (exact) mass is 386 g/mol. The van der Waals surface area contributed by atoms with Crippen molar-refractivity contribution >= 4 is 23.3 Å². The first-order chi connectivity index (χ1) is 13.0. The number of rotatable bonds is 5. The van der Waals surface area contributed by atoms with Crippen LogP contribution in [0.4, 0.5) is 10.5 Å². The van der Waals surface area contributed by atoms with Crippen molar-refractivity contribution in [1.29, 1.82) is 0 Å². The molecule has 27 heavy (non-hydrogen) atoms. The molecule has 1 aliphatic rings. The average Bonchev–Trinajstić information content (AvgIpc) is 2.67. The minimum absolute atomic E-state index is 0.00175. The van der Waals surface area contributed by atoms with Gasteiger partial charge in [0.05, 0.1) is 0 Å². The van der Waals surface area contributed by atoms with Gasteiger partial charge in [0.25, 0.3) is 0 Å². The van der Waals surface area contributed by atoms with Crippen LogP contribution < -0.4 is 10.2 Å². The maximum Gasteiger partial charge on any atom is 0.317 e. The number of halogens is 1. The Hall–Kier alpha value is -2.24. The van der Waals surface area contributed by atoms with Gasteiger partial charge in [-0.3, -0.25) is 0 Å². The summed E-state index contributed by atoms with van der Waals surface area (Å²) in [4.78, 5) is 18.7. The van der Waals surface area contributed by atoms with Crippen LogP contribution in [0.3, 0.4) is 0 Å². The van der Waals surface area contributed by atoms with Gasteiger partial charge in [-0.1, -0.05) is 41.9 Å². The standard InChI is InChI=1S/C21H27ClN4O/c1-24(2)16-18-8-6-17(7-9-18)15-23-21(27)26-12-10-25(11-13-26)20-5-3-4-19(22)14-20/h3-9,14H,10-13,15-16H2,1-2H3,(H,23,27). The number of piperazine rings is 1. The number of hydrogen-bond donors (Lipinski definition) is 1. The van der Waals surface area contributed by atoms with Gasteiger partial charge in [0, 0.05) is 50.0 Å². The molecule has 5 nitrogen and oxygen atoms in total. The molecule has 0 unspecified atom stereocenters. The largest absolute Gasteiger partial charge is 0.368 e. The predicted molar refractivity (Wildman–Crippen MR) is 111 cm³/mol. The second-order valence-electron chi connectivity index (χ2n) is 7.17. The summed E-state index contributed by atoms with van der Waals surface area (Å²) in [5.74, 6) is 0. The number of anilines is 1. The Kier molecular flexibility index (Phi) is 6.58. The minimum atomic E-state index is -0.00175. The van der Waals surface area contributed by atoms with Gasteiger partial charge >= 0.3 is 6.03 Å². The highest BCUT2D eigenvalue weighted by molar-refractivity contribution is 6.30. The molecule has 6 heteroatoms. The van der Waals surface area contributed by atoms with Crippen LogP contribution in [0.25, 0.3) is 0 Å². The summed E-state index contributed by atoms with van der Waals surface area (Å²) in [5, 5.41) is 3.77. The van der Waals surface area contributed by atoms with Gasteiger partial charge in [0.2, 0.25) is 0 Å². The third-order valence-corrected chi connectivity index (χ3v) is 4.94. The van der Waals surface area contributed by atoms with Crippen LogP contribution in [0.2, 0.25) is 5.02 Å². The number of hydrogen-bond acceptors (Lipinski definition) is 3. The van der Waals surface area contributed by atoms with Crippen LogP contribution in [0, 0.1) is 0 Å². The van der Waals surface area contributed by atoms with Crippen LogP contribution in [0.15, 0.2) is 48.5 Å². The van der Waals surface area contributed by atoms with Crippen molar-refractivity contribution in [3.8, 4) is 0 Å². The van der Waals surface area contributed by atoms with Crippen molar-refractivity contribution in [2.45, 2.75) is 13.1 Å². The third-order valence-electron chi connectivity index (χ3n) is 4.71. The molecule has 0 bridgehead atoms. The fraction of sp³-hybridized carbons (Fsp3) is 0.381. The van der Waals surface area contributed by atoms with Crippen molar-refractivity contribution in [3.05, 3.63) is 64.7 Å². The maximum atomic E-state index is 12.4. The predicted octanol–water partition coefficient (Wildman–Crippen LogP) is 3.43. The number of carbonyl (C=O) groups is 1. The van der Waals surface area contributed by atoms with Crippen molar-refractivity contribution < 1.29 is 4.79 Å². The first-order valence-corrected chi connectivity index (χ1v) is 9.65. The Bertz CT molecular complexity index is 755. The molecule has 3 rings (SSSR count). The van der Waals surface area contributed by atoms with Crippen LogP contribution >= 0.6 is 11.6 Å². The highest BCUT2D eigenvalue weighted by atomic mass is 35.5. The van der Waals surface area contributed by atoms with E-state index in [0.717, 1.165) is 35.9 Å². The summed E-state index contributed by atoms with van der Waals surface area (Å²) in [6.07, 6.45) is 0. The Balaban J connectivity index is 1.45. The Morgan fingerprint density at radius 2 is 1.70 bits per heavy atom. The molecule has 1 N–H and O–H groups in total. The first-order valence-electron chi connectivity index (χ1n) is 9.27. The smallest absolute Gasteiger partial charge is 0.317 e. The number of amides is 2. The molecule has 0 saturated carbocycles. The van der Waals surface area contributed by atoms with Crippen LogP contribution in [0.1, 0.15) is 11.1 Å². The lowest BCUT2D eigenvalue weighted by molar-refractivity contribution is 0.194. The lowest BCUT2D eigenvalue weighted by Gasteiger charge is -2.36. The van der Waals surface area contributed by atoms with Crippen molar-refractivity contribution in [1.82, 2.24) is 15.1 Å². The topological polar surface area (TPSA) is 38.8 Å². The zero-order chi connectivity index (χ0) is 19.2. The van der Waals surface area contributed by atoms with Crippen LogP contribution in [-0.2, 0) is 13.1 Å². The van der Waals surface area contributed by atoms with E-state index in [9.17, 15) is 4.79 Å². The normalized spacial score (nSPS) is 14.5. The minimum Gasteiger partial charge on any atom is -0.368 e. The number of urea groups is 1. The summed E-state index contributed by atoms with van der Waals surface area (Å²) in [6.45, 7) is 4.51. The van der Waals surface area contributed by atoms with Crippen LogP contribution in [0.5, 0.6) is 0 Å². The van der Waals surface area contributed by atoms with Crippen LogP contribution in [-0.4, -0.2) is 56.1 Å². The van der Waals surface area contributed by atoms with E-state index in [-0.39, 0.29) is 6.03 Å². The molecule has 2 aromatic carbocycles. The Morgan fingerprint density at radius 1 is 1.04 bits per heavy atom. The fourth-order valence-electron chi connectivity index (χ4n) is 3.26. The van der Waals surface area contributed by atoms with Gasteiger partial charge in [-0.2, -0.15) is 0 Å². The van der Waals surface area contributed by atoms with Crippen molar-refractivity contribution in [2.75, 3.05) is 45.2 Å². The fourth-order valence-corrected chi connectivity index (χ4v) is 3.44. The molecule has 0 radical (unpaired) electrons. The van der Waals surface area contributed by atoms with E-state index in [1.165, 1.54) is 5.56 Å². The summed E-state index contributed by atoms with van der Waals surface area (Å²) < 4.78 is 0. The summed E-state index contributed by atoms with van der Waals surface area (Å²) in [7, 11) is 4.11. The number of carbonyl (C=O) groups excluding carboxylic acids is 1. The number of benzene rings is 2. The van der Waals surface area contributed by atoms with E-state index >= 15 is 0 Å².